The van der Waals surface area contributed by atoms with Gasteiger partial charge in [-0.15, -0.1) is 9.24 Å². The van der Waals surface area contributed by atoms with E-state index >= 15 is 0 Å². The summed E-state index contributed by atoms with van der Waals surface area (Å²) < 4.78 is 0. The highest BCUT2D eigenvalue weighted by atomic mass is 31.2. The molecule has 0 spiro atoms. The third-order valence-corrected chi connectivity index (χ3v) is 12.3. The van der Waals surface area contributed by atoms with Crippen LogP contribution in [0.5, 0.6) is 0 Å². The van der Waals surface area contributed by atoms with Gasteiger partial charge < -0.3 is 0 Å². The van der Waals surface area contributed by atoms with E-state index in [1.165, 1.54) is 70.6 Å². The van der Waals surface area contributed by atoms with Gasteiger partial charge in [0.15, 0.2) is 0 Å². The zero-order valence-corrected chi connectivity index (χ0v) is 21.2. The highest BCUT2D eigenvalue weighted by Gasteiger charge is 2.34. The summed E-state index contributed by atoms with van der Waals surface area (Å²) in [6.07, 6.45) is 21.8. The summed E-state index contributed by atoms with van der Waals surface area (Å²) in [6.45, 7) is 16.2. The van der Waals surface area contributed by atoms with Crippen molar-refractivity contribution in [3.63, 3.8) is 0 Å². The van der Waals surface area contributed by atoms with Gasteiger partial charge in [-0.25, -0.2) is 0 Å². The molecule has 0 amide bonds. The van der Waals surface area contributed by atoms with E-state index in [0.717, 1.165) is 0 Å². The molecule has 1 atom stereocenters. The van der Waals surface area contributed by atoms with E-state index in [0.29, 0.717) is 5.16 Å². The second-order valence-corrected chi connectivity index (χ2v) is 13.8. The van der Waals surface area contributed by atoms with Crippen molar-refractivity contribution in [1.82, 2.24) is 0 Å². The molecule has 0 aliphatic carbocycles. The summed E-state index contributed by atoms with van der Waals surface area (Å²) in [5, 5.41) is 0.542. The Kier molecular flexibility index (Phi) is 20.5. The maximum absolute atomic E-state index is 2.94. The van der Waals surface area contributed by atoms with Gasteiger partial charge in [0.25, 0.3) is 0 Å². The van der Waals surface area contributed by atoms with Gasteiger partial charge in [-0.05, 0) is 50.1 Å². The highest BCUT2D eigenvalue weighted by molar-refractivity contribution is 7.75. The molecule has 0 rings (SSSR count). The van der Waals surface area contributed by atoms with Crippen LogP contribution in [0.25, 0.3) is 0 Å². The van der Waals surface area contributed by atoms with Gasteiger partial charge in [-0.1, -0.05) is 74.1 Å². The van der Waals surface area contributed by atoms with Crippen molar-refractivity contribution in [2.45, 2.75) is 124 Å². The molecule has 0 saturated carbocycles. The Balaban J connectivity index is 0. The van der Waals surface area contributed by atoms with Gasteiger partial charge in [0.05, 0.1) is 24.6 Å². The van der Waals surface area contributed by atoms with Crippen molar-refractivity contribution >= 4 is 16.5 Å². The normalized spacial score (nSPS) is 12.0. The summed E-state index contributed by atoms with van der Waals surface area (Å²) in [4.78, 5) is 0. The molecule has 2 heteroatoms. The minimum atomic E-state index is -0.562. The van der Waals surface area contributed by atoms with Crippen LogP contribution in [0.2, 0.25) is 0 Å². The van der Waals surface area contributed by atoms with Crippen LogP contribution in [-0.2, 0) is 0 Å². The zero-order chi connectivity index (χ0) is 19.6. The van der Waals surface area contributed by atoms with Crippen molar-refractivity contribution in [2.24, 2.45) is 0 Å². The second kappa shape index (κ2) is 18.2. The first-order valence-electron chi connectivity index (χ1n) is 11.6. The van der Waals surface area contributed by atoms with Crippen molar-refractivity contribution in [3.8, 4) is 0 Å². The first-order valence-corrected chi connectivity index (χ1v) is 14.7. The molecule has 0 N–H and O–H groups in total. The summed E-state index contributed by atoms with van der Waals surface area (Å²) in [5.41, 5.74) is 0. The highest BCUT2D eigenvalue weighted by Crippen LogP contribution is 2.61. The summed E-state index contributed by atoms with van der Waals surface area (Å²) in [5.74, 6) is 0. The fraction of sp³-hybridized carbons (Fsp3) is 1.00. The Morgan fingerprint density at radius 2 is 0.760 bits per heavy atom. The first-order chi connectivity index (χ1) is 11.9. The summed E-state index contributed by atoms with van der Waals surface area (Å²) >= 11 is 0. The molecule has 0 aliphatic heterocycles. The Hall–Kier alpha value is 0.860. The molecular formula is C23H53P2+. The second-order valence-electron chi connectivity index (χ2n) is 8.07. The molecule has 0 fully saturated rings. The number of rotatable bonds is 15. The van der Waals surface area contributed by atoms with E-state index in [1.54, 1.807) is 24.6 Å². The Labute approximate surface area is 165 Å². The predicted octanol–water partition coefficient (Wildman–Crippen LogP) is 9.03. The van der Waals surface area contributed by atoms with Gasteiger partial charge >= 0.3 is 0 Å². The minimum Gasteiger partial charge on any atom is -0.131 e. The van der Waals surface area contributed by atoms with Crippen LogP contribution in [0.1, 0.15) is 119 Å². The van der Waals surface area contributed by atoms with Crippen LogP contribution in [0.4, 0.5) is 0 Å². The van der Waals surface area contributed by atoms with Crippen LogP contribution in [0, 0.1) is 0 Å². The topological polar surface area (TPSA) is 0 Å². The van der Waals surface area contributed by atoms with Gasteiger partial charge in [-0.2, -0.15) is 0 Å². The Morgan fingerprint density at radius 3 is 0.880 bits per heavy atom. The zero-order valence-electron chi connectivity index (χ0n) is 19.1. The molecule has 154 valence electrons. The number of unbranched alkanes of at least 4 members (excludes halogenated alkanes) is 4. The molecule has 0 nitrogen and oxygen atoms in total. The van der Waals surface area contributed by atoms with Crippen LogP contribution in [-0.4, -0.2) is 29.8 Å². The van der Waals surface area contributed by atoms with Crippen molar-refractivity contribution < 1.29 is 0 Å². The Morgan fingerprint density at radius 1 is 0.520 bits per heavy atom. The maximum atomic E-state index is 2.94. The third kappa shape index (κ3) is 14.6. The molecule has 0 saturated heterocycles. The van der Waals surface area contributed by atoms with Crippen LogP contribution in [0.3, 0.4) is 0 Å². The van der Waals surface area contributed by atoms with Gasteiger partial charge in [0, 0.05) is 7.26 Å². The van der Waals surface area contributed by atoms with Crippen molar-refractivity contribution in [1.29, 1.82) is 0 Å². The van der Waals surface area contributed by atoms with E-state index in [-0.39, 0.29) is 0 Å². The quantitative estimate of drug-likeness (QED) is 0.244. The molecule has 0 aromatic rings. The fourth-order valence-electron chi connectivity index (χ4n) is 3.39. The molecule has 0 radical (unpaired) electrons. The van der Waals surface area contributed by atoms with Gasteiger partial charge in [0.2, 0.25) is 0 Å². The third-order valence-electron chi connectivity index (χ3n) is 6.06. The summed E-state index contributed by atoms with van der Waals surface area (Å²) in [7, 11) is 2.38. The number of hydrogen-bond acceptors (Lipinski definition) is 0. The van der Waals surface area contributed by atoms with Gasteiger partial charge in [-0.3, -0.25) is 0 Å². The first kappa shape index (κ1) is 28.1. The Bertz CT molecular complexity index is 213. The SMILES string of the molecule is CCC(P)(CC)CC.CCCC[P+](CCCC)(CCCC)CCCC. The van der Waals surface area contributed by atoms with Crippen molar-refractivity contribution in [3.05, 3.63) is 0 Å². The lowest BCUT2D eigenvalue weighted by molar-refractivity contribution is 0.531. The van der Waals surface area contributed by atoms with E-state index in [2.05, 4.69) is 57.7 Å². The fourth-order valence-corrected chi connectivity index (χ4v) is 8.68. The molecule has 0 heterocycles. The standard InChI is InChI=1S/C16H36P.C7H17P/c1-5-9-13-17(14-10-6-2,15-11-7-3)16-12-8-4;1-4-7(8,5-2)6-3/h5-16H2,1-4H3;4-6,8H2,1-3H3/q+1;. The average Bonchev–Trinajstić information content (AvgIpc) is 2.66. The largest absolute Gasteiger partial charge is 0.131 e. The molecule has 0 aromatic heterocycles. The smallest absolute Gasteiger partial charge is 0.0594 e. The van der Waals surface area contributed by atoms with E-state index < -0.39 is 7.26 Å². The molecule has 0 bridgehead atoms. The number of hydrogen-bond donors (Lipinski definition) is 0. The van der Waals surface area contributed by atoms with E-state index in [4.69, 9.17) is 0 Å². The lowest BCUT2D eigenvalue weighted by Gasteiger charge is -2.28. The molecule has 1 unspecified atom stereocenters. The molecular weight excluding hydrogens is 338 g/mol. The minimum absolute atomic E-state index is 0.542. The molecule has 0 aliphatic rings. The lowest BCUT2D eigenvalue weighted by atomic mass is 9.99. The lowest BCUT2D eigenvalue weighted by Crippen LogP contribution is -2.15. The van der Waals surface area contributed by atoms with Crippen molar-refractivity contribution in [2.75, 3.05) is 24.6 Å². The van der Waals surface area contributed by atoms with E-state index in [9.17, 15) is 0 Å². The summed E-state index contributed by atoms with van der Waals surface area (Å²) in [6, 6.07) is 0. The monoisotopic (exact) mass is 391 g/mol. The average molecular weight is 392 g/mol. The predicted molar refractivity (Wildman–Crippen MR) is 129 cm³/mol. The molecule has 25 heavy (non-hydrogen) atoms. The van der Waals surface area contributed by atoms with Crippen LogP contribution in [0.15, 0.2) is 0 Å². The maximum Gasteiger partial charge on any atom is 0.0594 e. The van der Waals surface area contributed by atoms with Gasteiger partial charge in [0.1, 0.15) is 0 Å². The van der Waals surface area contributed by atoms with Crippen LogP contribution < -0.4 is 0 Å². The molecule has 0 aromatic carbocycles. The van der Waals surface area contributed by atoms with Crippen LogP contribution >= 0.6 is 16.5 Å². The van der Waals surface area contributed by atoms with E-state index in [1.807, 2.05) is 0 Å².